The van der Waals surface area contributed by atoms with E-state index in [1.807, 2.05) is 24.3 Å². The van der Waals surface area contributed by atoms with Crippen molar-refractivity contribution < 1.29 is 14.3 Å². The van der Waals surface area contributed by atoms with Crippen LogP contribution in [0.15, 0.2) is 30.3 Å². The minimum Gasteiger partial charge on any atom is -0.373 e. The van der Waals surface area contributed by atoms with Crippen LogP contribution in [-0.4, -0.2) is 34.4 Å². The highest BCUT2D eigenvalue weighted by Crippen LogP contribution is 2.33. The number of carbonyl (C=O) groups is 2. The highest BCUT2D eigenvalue weighted by atomic mass is 16.5. The summed E-state index contributed by atoms with van der Waals surface area (Å²) in [4.78, 5) is 31.9. The van der Waals surface area contributed by atoms with Crippen molar-refractivity contribution in [3.05, 3.63) is 47.3 Å². The maximum atomic E-state index is 12.6. The van der Waals surface area contributed by atoms with Gasteiger partial charge < -0.3 is 21.1 Å². The van der Waals surface area contributed by atoms with Gasteiger partial charge in [0.25, 0.3) is 5.91 Å². The van der Waals surface area contributed by atoms with Gasteiger partial charge in [-0.05, 0) is 31.9 Å². The van der Waals surface area contributed by atoms with Gasteiger partial charge in [-0.15, -0.1) is 0 Å². The number of nitrogens with one attached hydrogen (secondary N) is 2. The lowest BCUT2D eigenvalue weighted by Crippen LogP contribution is -2.38. The molecule has 2 amide bonds. The molecule has 2 aromatic rings. The quantitative estimate of drug-likeness (QED) is 0.758. The van der Waals surface area contributed by atoms with Crippen molar-refractivity contribution in [2.45, 2.75) is 38.8 Å². The van der Waals surface area contributed by atoms with Gasteiger partial charge in [0.2, 0.25) is 11.9 Å². The number of carbonyl (C=O) groups excluding carboxylic acids is 2. The first-order valence-electron chi connectivity index (χ1n) is 8.82. The molecule has 142 valence electrons. The lowest BCUT2D eigenvalue weighted by molar-refractivity contribution is -0.120. The zero-order valence-electron chi connectivity index (χ0n) is 15.4. The number of aromatic nitrogens is 2. The van der Waals surface area contributed by atoms with E-state index in [0.717, 1.165) is 12.0 Å². The number of nitrogens with zero attached hydrogens (tertiary/aromatic N) is 2. The Bertz CT molecular complexity index is 835. The van der Waals surface area contributed by atoms with Gasteiger partial charge in [-0.1, -0.05) is 18.2 Å². The van der Waals surface area contributed by atoms with Gasteiger partial charge >= 0.3 is 0 Å². The van der Waals surface area contributed by atoms with Gasteiger partial charge in [-0.25, -0.2) is 9.97 Å². The fourth-order valence-electron chi connectivity index (χ4n) is 3.22. The number of nitrogen functional groups attached to an aromatic ring is 1. The van der Waals surface area contributed by atoms with Gasteiger partial charge in [-0.3, -0.25) is 9.59 Å². The summed E-state index contributed by atoms with van der Waals surface area (Å²) >= 11 is 0. The van der Waals surface area contributed by atoms with Gasteiger partial charge in [0.05, 0.1) is 6.10 Å². The zero-order valence-corrected chi connectivity index (χ0v) is 15.4. The normalized spacial score (nSPS) is 19.3. The molecule has 1 saturated heterocycles. The Balaban J connectivity index is 1.79. The fraction of sp³-hybridized carbons (Fsp3) is 0.368. The van der Waals surface area contributed by atoms with E-state index in [4.69, 9.17) is 10.5 Å². The number of nitrogens with two attached hydrogens (primary N) is 1. The van der Waals surface area contributed by atoms with Crippen molar-refractivity contribution in [2.24, 2.45) is 0 Å². The lowest BCUT2D eigenvalue weighted by Gasteiger charge is -2.31. The number of para-hydroxylation sites is 1. The maximum absolute atomic E-state index is 12.6. The van der Waals surface area contributed by atoms with Crippen LogP contribution in [0.3, 0.4) is 0 Å². The highest BCUT2D eigenvalue weighted by Gasteiger charge is 2.26. The van der Waals surface area contributed by atoms with Crippen LogP contribution in [0.25, 0.3) is 0 Å². The molecule has 2 heterocycles. The number of benzene rings is 1. The van der Waals surface area contributed by atoms with Gasteiger partial charge in [-0.2, -0.15) is 0 Å². The van der Waals surface area contributed by atoms with E-state index in [2.05, 4.69) is 20.6 Å². The van der Waals surface area contributed by atoms with Crippen LogP contribution in [0.2, 0.25) is 0 Å². The summed E-state index contributed by atoms with van der Waals surface area (Å²) in [6.45, 7) is 3.80. The summed E-state index contributed by atoms with van der Waals surface area (Å²) in [5.74, 6) is -0.366. The largest absolute Gasteiger partial charge is 0.373 e. The average Bonchev–Trinajstić information content (AvgIpc) is 2.61. The summed E-state index contributed by atoms with van der Waals surface area (Å²) < 4.78 is 5.89. The Morgan fingerprint density at radius 1 is 1.26 bits per heavy atom. The monoisotopic (exact) mass is 369 g/mol. The van der Waals surface area contributed by atoms with E-state index in [9.17, 15) is 9.59 Å². The van der Waals surface area contributed by atoms with Crippen molar-refractivity contribution >= 4 is 23.5 Å². The predicted octanol–water partition coefficient (Wildman–Crippen LogP) is 1.98. The van der Waals surface area contributed by atoms with Crippen LogP contribution in [0, 0.1) is 6.92 Å². The van der Waals surface area contributed by atoms with Crippen molar-refractivity contribution in [2.75, 3.05) is 17.7 Å². The van der Waals surface area contributed by atoms with Crippen LogP contribution < -0.4 is 16.4 Å². The molecule has 2 atom stereocenters. The van der Waals surface area contributed by atoms with E-state index >= 15 is 0 Å². The van der Waals surface area contributed by atoms with Crippen LogP contribution in [0.4, 0.5) is 11.6 Å². The van der Waals surface area contributed by atoms with Crippen molar-refractivity contribution in [1.82, 2.24) is 15.3 Å². The molecule has 1 aliphatic heterocycles. The number of hydrogen-bond acceptors (Lipinski definition) is 6. The SMILES string of the molecule is CC(=O)N[C@@H]1CCO[C@H](c2ccccc2NC(=O)c2cc(C)nc(N)n2)C1. The summed E-state index contributed by atoms with van der Waals surface area (Å²) in [5, 5.41) is 5.82. The third-order valence-electron chi connectivity index (χ3n) is 4.35. The molecule has 0 unspecified atom stereocenters. The summed E-state index contributed by atoms with van der Waals surface area (Å²) in [6, 6.07) is 9.09. The minimum atomic E-state index is -0.367. The van der Waals surface area contributed by atoms with Gasteiger partial charge in [0, 0.05) is 36.5 Å². The number of aryl methyl sites for hydroxylation is 1. The number of anilines is 2. The average molecular weight is 369 g/mol. The molecule has 1 fully saturated rings. The Kier molecular flexibility index (Phi) is 5.66. The van der Waals surface area contributed by atoms with E-state index < -0.39 is 0 Å². The predicted molar refractivity (Wildman–Crippen MR) is 101 cm³/mol. The Labute approximate surface area is 157 Å². The molecule has 0 bridgehead atoms. The smallest absolute Gasteiger partial charge is 0.274 e. The standard InChI is InChI=1S/C19H23N5O3/c1-11-9-16(24-19(20)21-11)18(26)23-15-6-4-3-5-14(15)17-10-13(7-8-27-17)22-12(2)25/h3-6,9,13,17H,7-8,10H2,1-2H3,(H,22,25)(H,23,26)(H2,20,21,24)/t13-,17+/m1/s1. The summed E-state index contributed by atoms with van der Waals surface area (Å²) in [7, 11) is 0. The molecule has 0 spiro atoms. The van der Waals surface area contributed by atoms with Crippen LogP contribution in [0.5, 0.6) is 0 Å². The minimum absolute atomic E-state index is 0.0503. The van der Waals surface area contributed by atoms with Crippen molar-refractivity contribution in [3.63, 3.8) is 0 Å². The van der Waals surface area contributed by atoms with Gasteiger partial charge in [0.1, 0.15) is 5.69 Å². The molecule has 0 saturated carbocycles. The molecule has 3 rings (SSSR count). The van der Waals surface area contributed by atoms with E-state index in [0.29, 0.717) is 24.4 Å². The molecule has 27 heavy (non-hydrogen) atoms. The third kappa shape index (κ3) is 4.79. The van der Waals surface area contributed by atoms with Gasteiger partial charge in [0.15, 0.2) is 0 Å². The van der Waals surface area contributed by atoms with Crippen LogP contribution >= 0.6 is 0 Å². The van der Waals surface area contributed by atoms with Crippen molar-refractivity contribution in [3.8, 4) is 0 Å². The number of hydrogen-bond donors (Lipinski definition) is 3. The molecular weight excluding hydrogens is 346 g/mol. The maximum Gasteiger partial charge on any atom is 0.274 e. The van der Waals surface area contributed by atoms with Crippen LogP contribution in [-0.2, 0) is 9.53 Å². The topological polar surface area (TPSA) is 119 Å². The molecular formula is C19H23N5O3. The Hall–Kier alpha value is -3.00. The Morgan fingerprint density at radius 3 is 2.78 bits per heavy atom. The summed E-state index contributed by atoms with van der Waals surface area (Å²) in [6.07, 6.45) is 1.19. The molecule has 0 aliphatic carbocycles. The Morgan fingerprint density at radius 2 is 2.04 bits per heavy atom. The second kappa shape index (κ2) is 8.13. The van der Waals surface area contributed by atoms with Crippen LogP contribution in [0.1, 0.15) is 47.6 Å². The zero-order chi connectivity index (χ0) is 19.4. The third-order valence-corrected chi connectivity index (χ3v) is 4.35. The number of ether oxygens (including phenoxy) is 1. The molecule has 4 N–H and O–H groups in total. The second-order valence-corrected chi connectivity index (χ2v) is 6.58. The first-order valence-corrected chi connectivity index (χ1v) is 8.82. The van der Waals surface area contributed by atoms with Crippen molar-refractivity contribution in [1.29, 1.82) is 0 Å². The molecule has 1 aromatic heterocycles. The van der Waals surface area contributed by atoms with E-state index in [1.54, 1.807) is 13.0 Å². The number of amides is 2. The fourth-order valence-corrected chi connectivity index (χ4v) is 3.22. The summed E-state index contributed by atoms with van der Waals surface area (Å²) in [5.41, 5.74) is 7.97. The molecule has 8 nitrogen and oxygen atoms in total. The first kappa shape index (κ1) is 18.8. The first-order chi connectivity index (χ1) is 12.9. The molecule has 1 aliphatic rings. The van der Waals surface area contributed by atoms with E-state index in [1.165, 1.54) is 6.92 Å². The molecule has 8 heteroatoms. The molecule has 1 aromatic carbocycles. The number of rotatable bonds is 4. The second-order valence-electron chi connectivity index (χ2n) is 6.58. The van der Waals surface area contributed by atoms with E-state index in [-0.39, 0.29) is 35.6 Å². The lowest BCUT2D eigenvalue weighted by atomic mass is 9.96. The molecule has 0 radical (unpaired) electrons. The highest BCUT2D eigenvalue weighted by molar-refractivity contribution is 6.03.